The van der Waals surface area contributed by atoms with Crippen molar-refractivity contribution in [3.8, 4) is 0 Å². The Kier molecular flexibility index (Phi) is 5.29. The van der Waals surface area contributed by atoms with Gasteiger partial charge in [0.2, 0.25) is 5.91 Å². The summed E-state index contributed by atoms with van der Waals surface area (Å²) >= 11 is 11.9. The van der Waals surface area contributed by atoms with Crippen molar-refractivity contribution < 1.29 is 4.79 Å². The molecule has 0 N–H and O–H groups in total. The van der Waals surface area contributed by atoms with Gasteiger partial charge in [-0.2, -0.15) is 5.10 Å². The Morgan fingerprint density at radius 1 is 1.27 bits per heavy atom. The van der Waals surface area contributed by atoms with Crippen LogP contribution < -0.4 is 5.56 Å². The lowest BCUT2D eigenvalue weighted by molar-refractivity contribution is -0.130. The number of benzene rings is 1. The van der Waals surface area contributed by atoms with E-state index in [4.69, 9.17) is 23.2 Å². The molecule has 7 nitrogen and oxygen atoms in total. The van der Waals surface area contributed by atoms with Gasteiger partial charge in [-0.15, -0.1) is 0 Å². The molecule has 0 atom stereocenters. The van der Waals surface area contributed by atoms with Gasteiger partial charge >= 0.3 is 0 Å². The Morgan fingerprint density at radius 3 is 2.77 bits per heavy atom. The molecule has 0 aliphatic heterocycles. The van der Waals surface area contributed by atoms with Crippen LogP contribution in [-0.4, -0.2) is 37.2 Å². The lowest BCUT2D eigenvalue weighted by atomic mass is 10.2. The van der Waals surface area contributed by atoms with E-state index >= 15 is 0 Å². The van der Waals surface area contributed by atoms with Crippen LogP contribution in [0.5, 0.6) is 0 Å². The maximum Gasteiger partial charge on any atom is 0.264 e. The molecular formula is C17H17Cl2N5O2. The van der Waals surface area contributed by atoms with Crippen LogP contribution in [0.1, 0.15) is 12.0 Å². The first-order valence-corrected chi connectivity index (χ1v) is 8.67. The van der Waals surface area contributed by atoms with Crippen molar-refractivity contribution >= 4 is 40.1 Å². The summed E-state index contributed by atoms with van der Waals surface area (Å²) in [4.78, 5) is 30.6. The fraction of sp³-hybridized carbons (Fsp3) is 0.294. The number of carbonyl (C=O) groups excluding carboxylic acids is 1. The quantitative estimate of drug-likeness (QED) is 0.667. The zero-order valence-electron chi connectivity index (χ0n) is 14.3. The van der Waals surface area contributed by atoms with E-state index in [1.807, 2.05) is 6.07 Å². The predicted octanol–water partition coefficient (Wildman–Crippen LogP) is 2.49. The van der Waals surface area contributed by atoms with E-state index in [0.29, 0.717) is 27.6 Å². The van der Waals surface area contributed by atoms with Crippen molar-refractivity contribution in [1.29, 1.82) is 0 Å². The topological polar surface area (TPSA) is 73.0 Å². The molecule has 0 fully saturated rings. The second kappa shape index (κ2) is 7.47. The molecule has 9 heteroatoms. The van der Waals surface area contributed by atoms with Crippen LogP contribution >= 0.6 is 23.2 Å². The molecule has 1 aromatic carbocycles. The Morgan fingerprint density at radius 2 is 2.04 bits per heavy atom. The van der Waals surface area contributed by atoms with Gasteiger partial charge < -0.3 is 4.90 Å². The van der Waals surface area contributed by atoms with Gasteiger partial charge in [0.05, 0.1) is 22.6 Å². The minimum Gasteiger partial charge on any atom is -0.341 e. The van der Waals surface area contributed by atoms with E-state index < -0.39 is 0 Å². The molecule has 2 heterocycles. The largest absolute Gasteiger partial charge is 0.341 e. The van der Waals surface area contributed by atoms with Crippen molar-refractivity contribution in [3.05, 3.63) is 56.7 Å². The number of fused-ring (bicyclic) bond motifs is 1. The molecule has 0 radical (unpaired) electrons. The lowest BCUT2D eigenvalue weighted by Gasteiger charge is -2.18. The van der Waals surface area contributed by atoms with E-state index in [-0.39, 0.29) is 24.4 Å². The van der Waals surface area contributed by atoms with Crippen LogP contribution in [-0.2, 0) is 24.9 Å². The number of hydrogen-bond donors (Lipinski definition) is 0. The summed E-state index contributed by atoms with van der Waals surface area (Å²) in [6.07, 6.45) is 3.11. The molecule has 0 unspecified atom stereocenters. The standard InChI is InChI=1S/C17H17Cl2N5O2/c1-22(9-11-3-4-13(18)14(19)7-11)15(25)5-6-24-10-20-16-12(17(24)26)8-21-23(16)2/h3-4,7-8,10H,5-6,9H2,1-2H3. The van der Waals surface area contributed by atoms with Gasteiger partial charge in [-0.1, -0.05) is 29.3 Å². The monoisotopic (exact) mass is 393 g/mol. The van der Waals surface area contributed by atoms with Gasteiger partial charge in [0.1, 0.15) is 5.39 Å². The molecule has 0 aliphatic carbocycles. The van der Waals surface area contributed by atoms with Gasteiger partial charge in [-0.05, 0) is 17.7 Å². The molecule has 136 valence electrons. The highest BCUT2D eigenvalue weighted by atomic mass is 35.5. The van der Waals surface area contributed by atoms with Crippen LogP contribution in [0.25, 0.3) is 11.0 Å². The maximum absolute atomic E-state index is 12.4. The number of hydrogen-bond acceptors (Lipinski definition) is 4. The summed E-state index contributed by atoms with van der Waals surface area (Å²) in [5.41, 5.74) is 1.20. The zero-order valence-corrected chi connectivity index (χ0v) is 15.8. The highest BCUT2D eigenvalue weighted by Crippen LogP contribution is 2.23. The van der Waals surface area contributed by atoms with E-state index in [2.05, 4.69) is 10.1 Å². The molecule has 2 aromatic heterocycles. The highest BCUT2D eigenvalue weighted by molar-refractivity contribution is 6.42. The van der Waals surface area contributed by atoms with Crippen molar-refractivity contribution in [2.24, 2.45) is 7.05 Å². The average Bonchev–Trinajstić information content (AvgIpc) is 2.99. The van der Waals surface area contributed by atoms with Crippen LogP contribution in [0.15, 0.2) is 35.5 Å². The van der Waals surface area contributed by atoms with E-state index in [0.717, 1.165) is 5.56 Å². The zero-order chi connectivity index (χ0) is 18.8. The third kappa shape index (κ3) is 3.73. The third-order valence-corrected chi connectivity index (χ3v) is 4.85. The molecule has 0 spiro atoms. The van der Waals surface area contributed by atoms with Crippen LogP contribution in [0.2, 0.25) is 10.0 Å². The van der Waals surface area contributed by atoms with Gasteiger partial charge in [-0.3, -0.25) is 18.8 Å². The van der Waals surface area contributed by atoms with E-state index in [1.165, 1.54) is 21.8 Å². The molecule has 3 aromatic rings. The molecule has 26 heavy (non-hydrogen) atoms. The first kappa shape index (κ1) is 18.4. The third-order valence-electron chi connectivity index (χ3n) is 4.11. The summed E-state index contributed by atoms with van der Waals surface area (Å²) in [5, 5.41) is 5.39. The fourth-order valence-electron chi connectivity index (χ4n) is 2.63. The summed E-state index contributed by atoms with van der Waals surface area (Å²) in [5.74, 6) is -0.0887. The van der Waals surface area contributed by atoms with Crippen LogP contribution in [0.4, 0.5) is 0 Å². The Labute approximate surface area is 159 Å². The maximum atomic E-state index is 12.4. The second-order valence-electron chi connectivity index (χ2n) is 6.00. The molecule has 0 saturated heterocycles. The van der Waals surface area contributed by atoms with Crippen LogP contribution in [0, 0.1) is 0 Å². The van der Waals surface area contributed by atoms with E-state index in [9.17, 15) is 9.59 Å². The normalized spacial score (nSPS) is 11.1. The smallest absolute Gasteiger partial charge is 0.264 e. The van der Waals surface area contributed by atoms with Gasteiger partial charge in [0.15, 0.2) is 5.65 Å². The number of rotatable bonds is 5. The predicted molar refractivity (Wildman–Crippen MR) is 100 cm³/mol. The molecular weight excluding hydrogens is 377 g/mol. The molecule has 0 saturated carbocycles. The van der Waals surface area contributed by atoms with E-state index in [1.54, 1.807) is 31.1 Å². The Balaban J connectivity index is 1.65. The Hall–Kier alpha value is -2.38. The van der Waals surface area contributed by atoms with Gasteiger partial charge in [0, 0.05) is 33.6 Å². The SMILES string of the molecule is CN(Cc1ccc(Cl)c(Cl)c1)C(=O)CCn1cnc2c(cnn2C)c1=O. The highest BCUT2D eigenvalue weighted by Gasteiger charge is 2.13. The number of amides is 1. The molecule has 0 aliphatic rings. The van der Waals surface area contributed by atoms with Crippen molar-refractivity contribution in [1.82, 2.24) is 24.2 Å². The summed E-state index contributed by atoms with van der Waals surface area (Å²) in [6.45, 7) is 0.658. The van der Waals surface area contributed by atoms with Crippen molar-refractivity contribution in [2.75, 3.05) is 7.05 Å². The summed E-state index contributed by atoms with van der Waals surface area (Å²) < 4.78 is 2.96. The number of halogens is 2. The lowest BCUT2D eigenvalue weighted by Crippen LogP contribution is -2.29. The van der Waals surface area contributed by atoms with Gasteiger partial charge in [-0.25, -0.2) is 4.98 Å². The fourth-order valence-corrected chi connectivity index (χ4v) is 2.95. The average molecular weight is 394 g/mol. The second-order valence-corrected chi connectivity index (χ2v) is 6.81. The summed E-state index contributed by atoms with van der Waals surface area (Å²) in [7, 11) is 3.43. The number of aryl methyl sites for hydroxylation is 2. The number of nitrogens with zero attached hydrogens (tertiary/aromatic N) is 5. The molecule has 0 bridgehead atoms. The minimum atomic E-state index is -0.206. The van der Waals surface area contributed by atoms with Crippen molar-refractivity contribution in [2.45, 2.75) is 19.5 Å². The Bertz CT molecular complexity index is 1030. The first-order valence-electron chi connectivity index (χ1n) is 7.92. The number of aromatic nitrogens is 4. The number of carbonyl (C=O) groups is 1. The minimum absolute atomic E-state index is 0.0887. The first-order chi connectivity index (χ1) is 12.4. The summed E-state index contributed by atoms with van der Waals surface area (Å²) in [6, 6.07) is 5.26. The van der Waals surface area contributed by atoms with Gasteiger partial charge in [0.25, 0.3) is 5.56 Å². The molecule has 3 rings (SSSR count). The van der Waals surface area contributed by atoms with Crippen molar-refractivity contribution in [3.63, 3.8) is 0 Å². The molecule has 1 amide bonds. The van der Waals surface area contributed by atoms with Crippen LogP contribution in [0.3, 0.4) is 0 Å².